The van der Waals surface area contributed by atoms with Gasteiger partial charge in [0.15, 0.2) is 11.4 Å². The van der Waals surface area contributed by atoms with Crippen LogP contribution in [0.4, 0.5) is 22.0 Å². The summed E-state index contributed by atoms with van der Waals surface area (Å²) < 4.78 is 73.6. The van der Waals surface area contributed by atoms with E-state index in [0.717, 1.165) is 47.3 Å². The summed E-state index contributed by atoms with van der Waals surface area (Å²) in [6.45, 7) is -0.712. The predicted molar refractivity (Wildman–Crippen MR) is 108 cm³/mol. The molecule has 1 atom stereocenters. The molecule has 11 heteroatoms. The Labute approximate surface area is 188 Å². The van der Waals surface area contributed by atoms with Gasteiger partial charge >= 0.3 is 5.92 Å². The van der Waals surface area contributed by atoms with Crippen molar-refractivity contribution < 1.29 is 27.1 Å². The highest BCUT2D eigenvalue weighted by molar-refractivity contribution is 5.64. The Morgan fingerprint density at radius 3 is 2.47 bits per heavy atom. The third kappa shape index (κ3) is 3.31. The molecule has 6 nitrogen and oxygen atoms in total. The number of halogens is 5. The molecule has 0 bridgehead atoms. The number of tetrazole rings is 1. The van der Waals surface area contributed by atoms with Crippen molar-refractivity contribution in [1.82, 2.24) is 25.2 Å². The van der Waals surface area contributed by atoms with Crippen molar-refractivity contribution in [2.75, 3.05) is 0 Å². The lowest BCUT2D eigenvalue weighted by atomic mass is 9.80. The van der Waals surface area contributed by atoms with Crippen LogP contribution in [0.3, 0.4) is 0 Å². The van der Waals surface area contributed by atoms with Crippen LogP contribution in [0.2, 0.25) is 0 Å². The van der Waals surface area contributed by atoms with E-state index in [9.17, 15) is 18.3 Å². The molecule has 34 heavy (non-hydrogen) atoms. The van der Waals surface area contributed by atoms with Crippen molar-refractivity contribution in [2.24, 2.45) is 0 Å². The predicted octanol–water partition coefficient (Wildman–Crippen LogP) is 3.55. The Morgan fingerprint density at radius 2 is 1.76 bits per heavy atom. The molecule has 1 N–H and O–H groups in total. The molecule has 170 valence electrons. The number of aromatic nitrogens is 5. The van der Waals surface area contributed by atoms with Crippen LogP contribution in [0.25, 0.3) is 11.4 Å². The first-order valence-electron chi connectivity index (χ1n) is 9.80. The summed E-state index contributed by atoms with van der Waals surface area (Å²) in [6.07, 6.45) is 0.995. The van der Waals surface area contributed by atoms with E-state index in [2.05, 4.69) is 32.4 Å². The van der Waals surface area contributed by atoms with Gasteiger partial charge in [-0.25, -0.2) is 17.9 Å². The summed E-state index contributed by atoms with van der Waals surface area (Å²) in [7, 11) is 0. The molecule has 1 aliphatic heterocycles. The molecule has 0 amide bonds. The topological polar surface area (TPSA) is 76.7 Å². The fraction of sp³-hybridized carbons (Fsp3) is 0.130. The van der Waals surface area contributed by atoms with Crippen LogP contribution < -0.4 is 0 Å². The Bertz CT molecular complexity index is 1460. The van der Waals surface area contributed by atoms with E-state index in [1.54, 1.807) is 0 Å². The average Bonchev–Trinajstić information content (AvgIpc) is 3.27. The molecule has 0 fully saturated rings. The van der Waals surface area contributed by atoms with Gasteiger partial charge in [0.25, 0.3) is 0 Å². The zero-order valence-electron chi connectivity index (χ0n) is 17.0. The number of hydrogen-bond acceptors (Lipinski definition) is 5. The van der Waals surface area contributed by atoms with Crippen LogP contribution in [-0.4, -0.2) is 30.3 Å². The van der Waals surface area contributed by atoms with Crippen molar-refractivity contribution in [3.05, 3.63) is 94.6 Å². The number of aliphatic hydroxyl groups is 1. The number of hydrogen-bond donors (Lipinski definition) is 1. The van der Waals surface area contributed by atoms with Gasteiger partial charge in [-0.2, -0.15) is 8.78 Å². The van der Waals surface area contributed by atoms with Crippen LogP contribution in [0, 0.1) is 29.3 Å². The van der Waals surface area contributed by atoms with E-state index in [-0.39, 0.29) is 22.5 Å². The van der Waals surface area contributed by atoms with Crippen molar-refractivity contribution in [3.63, 3.8) is 0 Å². The summed E-state index contributed by atoms with van der Waals surface area (Å²) in [5.41, 5.74) is -4.34. The van der Waals surface area contributed by atoms with Gasteiger partial charge in [-0.15, -0.1) is 5.10 Å². The van der Waals surface area contributed by atoms with Crippen LogP contribution in [0.1, 0.15) is 22.4 Å². The van der Waals surface area contributed by atoms with Crippen molar-refractivity contribution in [1.29, 1.82) is 0 Å². The van der Waals surface area contributed by atoms with Gasteiger partial charge in [-0.1, -0.05) is 24.0 Å². The quantitative estimate of drug-likeness (QED) is 0.359. The molecule has 2 aromatic carbocycles. The van der Waals surface area contributed by atoms with Crippen molar-refractivity contribution >= 4 is 0 Å². The van der Waals surface area contributed by atoms with Crippen LogP contribution >= 0.6 is 0 Å². The number of alkyl halides is 2. The second-order valence-electron chi connectivity index (χ2n) is 7.56. The van der Waals surface area contributed by atoms with Crippen molar-refractivity contribution in [3.8, 4) is 23.2 Å². The summed E-state index contributed by atoms with van der Waals surface area (Å²) >= 11 is 0. The lowest BCUT2D eigenvalue weighted by molar-refractivity contribution is -0.207. The summed E-state index contributed by atoms with van der Waals surface area (Å²) in [5, 5.41) is 22.0. The maximum atomic E-state index is 15.7. The van der Waals surface area contributed by atoms with Gasteiger partial charge < -0.3 is 5.11 Å². The Balaban J connectivity index is 1.52. The minimum absolute atomic E-state index is 0.0360. The molecular formula is C23H12F5N5O. The van der Waals surface area contributed by atoms with Gasteiger partial charge in [0.1, 0.15) is 23.1 Å². The molecule has 0 saturated carbocycles. The first-order chi connectivity index (χ1) is 16.2. The number of benzene rings is 2. The van der Waals surface area contributed by atoms with E-state index in [1.165, 1.54) is 12.1 Å². The second kappa shape index (κ2) is 7.71. The Hall–Kier alpha value is -4.17. The van der Waals surface area contributed by atoms with Crippen LogP contribution in [-0.2, 0) is 18.1 Å². The van der Waals surface area contributed by atoms with E-state index in [1.807, 2.05) is 0 Å². The first-order valence-corrected chi connectivity index (χ1v) is 9.80. The molecule has 3 heterocycles. The average molecular weight is 469 g/mol. The van der Waals surface area contributed by atoms with E-state index in [4.69, 9.17) is 0 Å². The highest BCUT2D eigenvalue weighted by atomic mass is 19.3. The third-order valence-corrected chi connectivity index (χ3v) is 5.48. The second-order valence-corrected chi connectivity index (χ2v) is 7.56. The fourth-order valence-electron chi connectivity index (χ4n) is 3.75. The number of fused-ring (bicyclic) bond motifs is 3. The van der Waals surface area contributed by atoms with Crippen molar-refractivity contribution in [2.45, 2.75) is 18.1 Å². The van der Waals surface area contributed by atoms with Gasteiger partial charge in [-0.3, -0.25) is 4.98 Å². The molecule has 0 spiro atoms. The minimum Gasteiger partial charge on any atom is -0.377 e. The van der Waals surface area contributed by atoms with E-state index in [0.29, 0.717) is 0 Å². The number of pyridine rings is 1. The largest absolute Gasteiger partial charge is 0.377 e. The molecule has 4 aromatic rings. The monoisotopic (exact) mass is 469 g/mol. The molecular weight excluding hydrogens is 457 g/mol. The minimum atomic E-state index is -3.97. The summed E-state index contributed by atoms with van der Waals surface area (Å²) in [5.74, 6) is -1.58. The van der Waals surface area contributed by atoms with Gasteiger partial charge in [0.2, 0.25) is 0 Å². The highest BCUT2D eigenvalue weighted by Crippen LogP contribution is 2.50. The number of rotatable bonds is 2. The summed E-state index contributed by atoms with van der Waals surface area (Å²) in [6, 6.07) is 8.37. The molecule has 1 unspecified atom stereocenters. The molecule has 5 rings (SSSR count). The van der Waals surface area contributed by atoms with Crippen LogP contribution in [0.15, 0.2) is 54.7 Å². The van der Waals surface area contributed by atoms with E-state index >= 15 is 8.78 Å². The Morgan fingerprint density at radius 1 is 1.00 bits per heavy atom. The molecule has 2 aromatic heterocycles. The van der Waals surface area contributed by atoms with Gasteiger partial charge in [0.05, 0.1) is 12.1 Å². The van der Waals surface area contributed by atoms with E-state index < -0.39 is 46.8 Å². The first kappa shape index (κ1) is 21.7. The zero-order valence-corrected chi connectivity index (χ0v) is 17.0. The lowest BCUT2D eigenvalue weighted by Gasteiger charge is -2.39. The standard InChI is InChI=1S/C23H12F5N5O/c24-14-6-8-17-16(10-14)21-30-31-32-33(21)12-22(17,34)23(27,28)20-9-5-13(11-29-20)4-7-15-18(25)2-1-3-19(15)26/h1-3,5-6,8-11,34H,12H2. The third-order valence-electron chi connectivity index (χ3n) is 5.48. The SMILES string of the molecule is OC1(C(F)(F)c2ccc(C#Cc3c(F)cccc3F)cn2)Cn2nnnc2-c2cc(F)ccc21. The normalized spacial score (nSPS) is 16.9. The summed E-state index contributed by atoms with van der Waals surface area (Å²) in [4.78, 5) is 3.73. The van der Waals surface area contributed by atoms with Crippen LogP contribution in [0.5, 0.6) is 0 Å². The molecule has 0 radical (unpaired) electrons. The zero-order chi connectivity index (χ0) is 24.1. The molecule has 1 aliphatic rings. The highest BCUT2D eigenvalue weighted by Gasteiger charge is 2.59. The smallest absolute Gasteiger partial charge is 0.323 e. The molecule has 0 saturated heterocycles. The Kier molecular flexibility index (Phi) is 4.91. The number of nitrogens with zero attached hydrogens (tertiary/aromatic N) is 5. The maximum Gasteiger partial charge on any atom is 0.323 e. The maximum absolute atomic E-state index is 15.7. The lowest BCUT2D eigenvalue weighted by Crippen LogP contribution is -2.49. The van der Waals surface area contributed by atoms with Gasteiger partial charge in [0, 0.05) is 22.9 Å². The molecule has 0 aliphatic carbocycles. The van der Waals surface area contributed by atoms with Gasteiger partial charge in [-0.05, 0) is 46.8 Å². The fourth-order valence-corrected chi connectivity index (χ4v) is 3.75.